The Kier molecular flexibility index (Phi) is 6.16. The van der Waals surface area contributed by atoms with E-state index in [4.69, 9.17) is 11.6 Å². The molecule has 8 nitrogen and oxygen atoms in total. The zero-order valence-corrected chi connectivity index (χ0v) is 20.3. The van der Waals surface area contributed by atoms with Crippen LogP contribution in [-0.4, -0.2) is 24.3 Å². The molecule has 3 aromatic heterocycles. The van der Waals surface area contributed by atoms with Gasteiger partial charge >= 0.3 is 5.82 Å². The van der Waals surface area contributed by atoms with Gasteiger partial charge < -0.3 is 5.32 Å². The Morgan fingerprint density at radius 1 is 0.886 bits per heavy atom. The first-order valence-electron chi connectivity index (χ1n) is 10.3. The molecule has 11 heteroatoms. The van der Waals surface area contributed by atoms with Gasteiger partial charge in [-0.3, -0.25) is 9.52 Å². The van der Waals surface area contributed by atoms with Crippen molar-refractivity contribution in [2.24, 2.45) is 0 Å². The highest BCUT2D eigenvalue weighted by atomic mass is 35.5. The van der Waals surface area contributed by atoms with Gasteiger partial charge in [0.1, 0.15) is 5.52 Å². The van der Waals surface area contributed by atoms with Crippen LogP contribution in [0.15, 0.2) is 95.5 Å². The van der Waals surface area contributed by atoms with E-state index in [9.17, 15) is 13.2 Å². The van der Waals surface area contributed by atoms with Crippen molar-refractivity contribution in [1.29, 1.82) is 0 Å². The fraction of sp³-hybridized carbons (Fsp3) is 0. The van der Waals surface area contributed by atoms with E-state index >= 15 is 0 Å². The van der Waals surface area contributed by atoms with Crippen LogP contribution < -0.4 is 14.6 Å². The summed E-state index contributed by atoms with van der Waals surface area (Å²) in [5, 5.41) is 5.09. The Bertz CT molecular complexity index is 1620. The molecule has 3 heterocycles. The van der Waals surface area contributed by atoms with Gasteiger partial charge in [-0.2, -0.15) is 4.57 Å². The van der Waals surface area contributed by atoms with Crippen molar-refractivity contribution in [3.05, 3.63) is 100 Å². The molecule has 1 amide bonds. The van der Waals surface area contributed by atoms with Crippen LogP contribution in [-0.2, 0) is 10.0 Å². The number of carbonyl (C=O) groups is 1. The average molecular weight is 523 g/mol. The standard InChI is InChI=1S/C24H16ClN5O3S2/c25-16-7-9-18(10-8-16)35(32,33)29-22-23(28-20-5-2-1-4-19(20)27-22)30-13-11-17(12-14-30)26-24(31)21-6-3-15-34-21/h1-15H,(H,27,29)/p+1. The maximum Gasteiger partial charge on any atom is 0.372 e. The van der Waals surface area contributed by atoms with Crippen LogP contribution in [0.25, 0.3) is 16.9 Å². The number of hydrogen-bond acceptors (Lipinski definition) is 6. The van der Waals surface area contributed by atoms with Crippen LogP contribution in [0.5, 0.6) is 0 Å². The highest BCUT2D eigenvalue weighted by molar-refractivity contribution is 7.92. The molecule has 35 heavy (non-hydrogen) atoms. The number of aromatic nitrogens is 3. The number of thiophene rings is 1. The first-order valence-corrected chi connectivity index (χ1v) is 13.0. The number of para-hydroxylation sites is 2. The lowest BCUT2D eigenvalue weighted by atomic mass is 10.3. The smallest absolute Gasteiger partial charge is 0.321 e. The van der Waals surface area contributed by atoms with Crippen LogP contribution in [0.1, 0.15) is 9.67 Å². The van der Waals surface area contributed by atoms with Gasteiger partial charge in [-0.1, -0.05) is 29.8 Å². The monoisotopic (exact) mass is 522 g/mol. The highest BCUT2D eigenvalue weighted by Gasteiger charge is 2.25. The van der Waals surface area contributed by atoms with Crippen LogP contribution in [0.2, 0.25) is 5.02 Å². The summed E-state index contributed by atoms with van der Waals surface area (Å²) in [6, 6.07) is 19.9. The molecule has 5 aromatic rings. The summed E-state index contributed by atoms with van der Waals surface area (Å²) in [7, 11) is -3.96. The number of pyridine rings is 1. The minimum absolute atomic E-state index is 0.0412. The Morgan fingerprint density at radius 3 is 2.23 bits per heavy atom. The third-order valence-electron chi connectivity index (χ3n) is 4.98. The molecule has 0 atom stereocenters. The largest absolute Gasteiger partial charge is 0.372 e. The van der Waals surface area contributed by atoms with E-state index in [1.807, 2.05) is 17.5 Å². The van der Waals surface area contributed by atoms with E-state index in [1.54, 1.807) is 53.4 Å². The second-order valence-electron chi connectivity index (χ2n) is 7.37. The lowest BCUT2D eigenvalue weighted by Gasteiger charge is -2.09. The van der Waals surface area contributed by atoms with Gasteiger partial charge in [0.2, 0.25) is 11.3 Å². The molecule has 0 aliphatic carbocycles. The first-order chi connectivity index (χ1) is 16.9. The number of sulfonamides is 1. The number of anilines is 2. The van der Waals surface area contributed by atoms with E-state index in [2.05, 4.69) is 20.0 Å². The molecule has 2 N–H and O–H groups in total. The van der Waals surface area contributed by atoms with Crippen LogP contribution >= 0.6 is 22.9 Å². The molecule has 0 aliphatic heterocycles. The summed E-state index contributed by atoms with van der Waals surface area (Å²) in [6.07, 6.45) is 3.34. The molecular weight excluding hydrogens is 506 g/mol. The first kappa shape index (κ1) is 22.9. The van der Waals surface area contributed by atoms with E-state index in [-0.39, 0.29) is 22.4 Å². The van der Waals surface area contributed by atoms with Crippen molar-refractivity contribution in [3.8, 4) is 5.82 Å². The quantitative estimate of drug-likeness (QED) is 0.315. The van der Waals surface area contributed by atoms with Crippen molar-refractivity contribution in [1.82, 2.24) is 9.97 Å². The predicted molar refractivity (Wildman–Crippen MR) is 136 cm³/mol. The van der Waals surface area contributed by atoms with Gasteiger partial charge in [0.25, 0.3) is 15.9 Å². The van der Waals surface area contributed by atoms with Crippen molar-refractivity contribution >= 4 is 61.4 Å². The van der Waals surface area contributed by atoms with Crippen molar-refractivity contribution in [2.45, 2.75) is 4.90 Å². The van der Waals surface area contributed by atoms with Crippen LogP contribution in [0.3, 0.4) is 0 Å². The molecule has 0 saturated heterocycles. The van der Waals surface area contributed by atoms with Gasteiger partial charge in [-0.15, -0.1) is 11.3 Å². The van der Waals surface area contributed by atoms with E-state index < -0.39 is 10.0 Å². The molecule has 2 aromatic carbocycles. The minimum Gasteiger partial charge on any atom is -0.321 e. The zero-order valence-electron chi connectivity index (χ0n) is 17.9. The van der Waals surface area contributed by atoms with Crippen molar-refractivity contribution in [2.75, 3.05) is 10.0 Å². The summed E-state index contributed by atoms with van der Waals surface area (Å²) < 4.78 is 30.3. The van der Waals surface area contributed by atoms with E-state index in [1.165, 1.54) is 35.6 Å². The maximum absolute atomic E-state index is 13.0. The predicted octanol–water partition coefficient (Wildman–Crippen LogP) is 4.67. The number of carbonyl (C=O) groups excluding carboxylic acids is 1. The van der Waals surface area contributed by atoms with Crippen LogP contribution in [0, 0.1) is 0 Å². The van der Waals surface area contributed by atoms with Crippen molar-refractivity contribution in [3.63, 3.8) is 0 Å². The van der Waals surface area contributed by atoms with E-state index in [0.29, 0.717) is 26.6 Å². The molecule has 0 saturated carbocycles. The third-order valence-corrected chi connectivity index (χ3v) is 7.46. The second kappa shape index (κ2) is 9.41. The molecule has 174 valence electrons. The summed E-state index contributed by atoms with van der Waals surface area (Å²) in [4.78, 5) is 22.1. The molecule has 0 fully saturated rings. The topological polar surface area (TPSA) is 105 Å². The van der Waals surface area contributed by atoms with Gasteiger partial charge in [-0.25, -0.2) is 13.4 Å². The highest BCUT2D eigenvalue weighted by Crippen LogP contribution is 2.22. The van der Waals surface area contributed by atoms with Crippen LogP contribution in [0.4, 0.5) is 11.5 Å². The average Bonchev–Trinajstić information content (AvgIpc) is 3.40. The number of fused-ring (bicyclic) bond motifs is 1. The number of nitrogens with zero attached hydrogens (tertiary/aromatic N) is 3. The fourth-order valence-corrected chi connectivity index (χ4v) is 5.04. The van der Waals surface area contributed by atoms with E-state index in [0.717, 1.165) is 0 Å². The zero-order chi connectivity index (χ0) is 24.4. The molecule has 0 bridgehead atoms. The Labute approximate surface area is 209 Å². The molecule has 0 radical (unpaired) electrons. The molecule has 0 aliphatic rings. The Hall–Kier alpha value is -3.86. The van der Waals surface area contributed by atoms with Gasteiger partial charge in [-0.05, 0) is 52.8 Å². The Morgan fingerprint density at radius 2 is 1.57 bits per heavy atom. The summed E-state index contributed by atoms with van der Waals surface area (Å²) in [6.45, 7) is 0. The summed E-state index contributed by atoms with van der Waals surface area (Å²) in [5.41, 5.74) is 1.71. The lowest BCUT2D eigenvalue weighted by Crippen LogP contribution is -2.33. The maximum atomic E-state index is 13.0. The number of rotatable bonds is 6. The number of amides is 1. The summed E-state index contributed by atoms with van der Waals surface area (Å²) in [5.74, 6) is 0.121. The molecular formula is C24H17ClN5O3S2+. The second-order valence-corrected chi connectivity index (χ2v) is 10.4. The Balaban J connectivity index is 1.51. The SMILES string of the molecule is O=C(Nc1cc[n+](-c2nc3ccccc3nc2NS(=O)(=O)c2ccc(Cl)cc2)cc1)c1cccs1. The van der Waals surface area contributed by atoms with Gasteiger partial charge in [0.15, 0.2) is 0 Å². The minimum atomic E-state index is -3.96. The number of halogens is 1. The molecule has 0 unspecified atom stereocenters. The van der Waals surface area contributed by atoms with Gasteiger partial charge in [0, 0.05) is 22.8 Å². The lowest BCUT2D eigenvalue weighted by molar-refractivity contribution is -0.598. The van der Waals surface area contributed by atoms with Gasteiger partial charge in [0.05, 0.1) is 22.2 Å². The number of benzene rings is 2. The van der Waals surface area contributed by atoms with Crippen molar-refractivity contribution < 1.29 is 17.8 Å². The fourth-order valence-electron chi connectivity index (χ4n) is 3.29. The third kappa shape index (κ3) is 4.99. The normalized spacial score (nSPS) is 11.3. The molecule has 0 spiro atoms. The number of nitrogens with one attached hydrogen (secondary N) is 2. The molecule has 5 rings (SSSR count). The number of hydrogen-bond donors (Lipinski definition) is 2. The summed E-state index contributed by atoms with van der Waals surface area (Å²) >= 11 is 7.25.